The van der Waals surface area contributed by atoms with Gasteiger partial charge < -0.3 is 24.8 Å². The second-order valence-corrected chi connectivity index (χ2v) is 12.2. The Kier molecular flexibility index (Phi) is 8.82. The molecule has 214 valence electrons. The maximum Gasteiger partial charge on any atom is 0.226 e. The number of H-pyrrole nitrogens is 1. The van der Waals surface area contributed by atoms with Gasteiger partial charge in [-0.15, -0.1) is 11.3 Å². The van der Waals surface area contributed by atoms with Crippen molar-refractivity contribution in [3.05, 3.63) is 35.1 Å². The highest BCUT2D eigenvalue weighted by molar-refractivity contribution is 7.19. The maximum atomic E-state index is 13.8. The molecule has 1 amide bonds. The van der Waals surface area contributed by atoms with E-state index in [1.54, 1.807) is 31.0 Å². The third kappa shape index (κ3) is 6.21. The van der Waals surface area contributed by atoms with Crippen LogP contribution in [-0.2, 0) is 17.6 Å². The van der Waals surface area contributed by atoms with Gasteiger partial charge in [-0.05, 0) is 85.0 Å². The van der Waals surface area contributed by atoms with Gasteiger partial charge in [0.1, 0.15) is 22.7 Å². The van der Waals surface area contributed by atoms with E-state index < -0.39 is 0 Å². The average molecular weight is 565 g/mol. The summed E-state index contributed by atoms with van der Waals surface area (Å²) in [6.07, 6.45) is 7.82. The van der Waals surface area contributed by atoms with Crippen molar-refractivity contribution in [2.45, 2.75) is 32.1 Å². The summed E-state index contributed by atoms with van der Waals surface area (Å²) in [5, 5.41) is 12.7. The van der Waals surface area contributed by atoms with Crippen LogP contribution >= 0.6 is 11.3 Å². The van der Waals surface area contributed by atoms with E-state index in [1.807, 2.05) is 12.1 Å². The van der Waals surface area contributed by atoms with Crippen LogP contribution in [0.1, 0.15) is 29.7 Å². The van der Waals surface area contributed by atoms with Crippen molar-refractivity contribution in [1.29, 1.82) is 0 Å². The van der Waals surface area contributed by atoms with E-state index in [1.165, 1.54) is 10.4 Å². The number of methoxy groups -OCH3 is 1. The molecule has 3 aromatic heterocycles. The quantitative estimate of drug-likeness (QED) is 0.265. The fourth-order valence-electron chi connectivity index (χ4n) is 5.53. The first-order valence-corrected chi connectivity index (χ1v) is 14.8. The molecular formula is C29H40N8O2S. The SMILES string of the molecule is COc1cc2[nH]ncc2cc1Nc1ncnc2sc3c(c12)CCC(C(=O)N(CCCN(C)C)CCCN(C)C)C3. The lowest BCUT2D eigenvalue weighted by Gasteiger charge is -2.30. The molecule has 1 unspecified atom stereocenters. The molecule has 4 aromatic rings. The zero-order valence-electron chi connectivity index (χ0n) is 24.2. The number of hydrogen-bond acceptors (Lipinski definition) is 9. The minimum Gasteiger partial charge on any atom is -0.494 e. The van der Waals surface area contributed by atoms with E-state index in [0.29, 0.717) is 11.7 Å². The summed E-state index contributed by atoms with van der Waals surface area (Å²) in [6, 6.07) is 3.95. The topological polar surface area (TPSA) is 103 Å². The van der Waals surface area contributed by atoms with Crippen molar-refractivity contribution in [2.75, 3.05) is 66.8 Å². The largest absolute Gasteiger partial charge is 0.494 e. The number of fused-ring (bicyclic) bond motifs is 4. The second kappa shape index (κ2) is 12.5. The summed E-state index contributed by atoms with van der Waals surface area (Å²) < 4.78 is 5.65. The first-order valence-electron chi connectivity index (χ1n) is 14.0. The number of rotatable bonds is 12. The second-order valence-electron chi connectivity index (χ2n) is 11.1. The van der Waals surface area contributed by atoms with Crippen LogP contribution in [0.4, 0.5) is 11.5 Å². The van der Waals surface area contributed by atoms with Crippen molar-refractivity contribution < 1.29 is 9.53 Å². The summed E-state index contributed by atoms with van der Waals surface area (Å²) in [6.45, 7) is 3.58. The number of nitrogens with one attached hydrogen (secondary N) is 2. The lowest BCUT2D eigenvalue weighted by atomic mass is 9.86. The number of carbonyl (C=O) groups excluding carboxylic acids is 1. The van der Waals surface area contributed by atoms with Gasteiger partial charge in [0.05, 0.1) is 29.9 Å². The van der Waals surface area contributed by atoms with Crippen LogP contribution in [-0.4, -0.2) is 102 Å². The number of benzene rings is 1. The molecule has 0 aliphatic heterocycles. The van der Waals surface area contributed by atoms with Gasteiger partial charge in [-0.3, -0.25) is 9.89 Å². The number of aryl methyl sites for hydroxylation is 1. The molecule has 2 N–H and O–H groups in total. The number of nitrogens with zero attached hydrogens (tertiary/aromatic N) is 6. The number of carbonyl (C=O) groups is 1. The normalized spacial score (nSPS) is 15.2. The van der Waals surface area contributed by atoms with Crippen molar-refractivity contribution in [3.8, 4) is 5.75 Å². The number of amides is 1. The number of ether oxygens (including phenoxy) is 1. The van der Waals surface area contributed by atoms with E-state index in [4.69, 9.17) is 4.74 Å². The monoisotopic (exact) mass is 564 g/mol. The molecule has 0 radical (unpaired) electrons. The van der Waals surface area contributed by atoms with Crippen molar-refractivity contribution in [1.82, 2.24) is 34.9 Å². The Morgan fingerprint density at radius 1 is 1.10 bits per heavy atom. The molecule has 0 saturated carbocycles. The van der Waals surface area contributed by atoms with E-state index >= 15 is 0 Å². The summed E-state index contributed by atoms with van der Waals surface area (Å²) in [7, 11) is 9.99. The van der Waals surface area contributed by atoms with E-state index in [2.05, 4.69) is 68.4 Å². The molecule has 0 saturated heterocycles. The number of thiophene rings is 1. The summed E-state index contributed by atoms with van der Waals surface area (Å²) in [5.41, 5.74) is 3.00. The Bertz CT molecular complexity index is 1450. The third-order valence-corrected chi connectivity index (χ3v) is 8.75. The van der Waals surface area contributed by atoms with Gasteiger partial charge in [-0.1, -0.05) is 0 Å². The zero-order valence-corrected chi connectivity index (χ0v) is 25.0. The van der Waals surface area contributed by atoms with Crippen molar-refractivity contribution in [2.24, 2.45) is 5.92 Å². The molecule has 10 nitrogen and oxygen atoms in total. The van der Waals surface area contributed by atoms with Crippen molar-refractivity contribution >= 4 is 49.9 Å². The summed E-state index contributed by atoms with van der Waals surface area (Å²) in [5.74, 6) is 1.78. The van der Waals surface area contributed by atoms with Crippen LogP contribution in [0.15, 0.2) is 24.7 Å². The van der Waals surface area contributed by atoms with Gasteiger partial charge in [0.2, 0.25) is 5.91 Å². The van der Waals surface area contributed by atoms with E-state index in [-0.39, 0.29) is 5.92 Å². The molecule has 1 aliphatic rings. The number of anilines is 2. The number of aromatic nitrogens is 4. The smallest absolute Gasteiger partial charge is 0.226 e. The number of hydrogen-bond donors (Lipinski definition) is 2. The predicted molar refractivity (Wildman–Crippen MR) is 162 cm³/mol. The van der Waals surface area contributed by atoms with Crippen LogP contribution in [0.5, 0.6) is 5.75 Å². The minimum atomic E-state index is 0.00670. The minimum absolute atomic E-state index is 0.00670. The highest BCUT2D eigenvalue weighted by Crippen LogP contribution is 2.42. The van der Waals surface area contributed by atoms with E-state index in [9.17, 15) is 4.79 Å². The Morgan fingerprint density at radius 3 is 2.55 bits per heavy atom. The van der Waals surface area contributed by atoms with Gasteiger partial charge in [0, 0.05) is 35.3 Å². The maximum absolute atomic E-state index is 13.8. The van der Waals surface area contributed by atoms with E-state index in [0.717, 1.165) is 90.9 Å². The van der Waals surface area contributed by atoms with Gasteiger partial charge in [-0.2, -0.15) is 5.10 Å². The Hall–Kier alpha value is -3.28. The number of aromatic amines is 1. The molecule has 1 aliphatic carbocycles. The molecule has 1 atom stereocenters. The van der Waals surface area contributed by atoms with Crippen LogP contribution in [0.25, 0.3) is 21.1 Å². The van der Waals surface area contributed by atoms with Crippen LogP contribution < -0.4 is 10.1 Å². The Balaban J connectivity index is 1.36. The molecule has 11 heteroatoms. The predicted octanol–water partition coefficient (Wildman–Crippen LogP) is 4.16. The molecule has 40 heavy (non-hydrogen) atoms. The zero-order chi connectivity index (χ0) is 28.2. The summed E-state index contributed by atoms with van der Waals surface area (Å²) >= 11 is 1.69. The van der Waals surface area contributed by atoms with Gasteiger partial charge in [0.25, 0.3) is 0 Å². The molecule has 3 heterocycles. The van der Waals surface area contributed by atoms with Crippen LogP contribution in [0.2, 0.25) is 0 Å². The standard InChI is InChI=1S/C29H40N8O2S/c1-35(2)10-6-12-37(13-7-11-36(3)4)29(38)19-8-9-21-25(15-19)40-28-26(21)27(30-18-31-28)33-23-14-20-17-32-34-22(20)16-24(23)39-5/h14,16-19H,6-13,15H2,1-5H3,(H,32,34)(H,30,31,33). The Morgan fingerprint density at radius 2 is 1.85 bits per heavy atom. The molecule has 0 spiro atoms. The summed E-state index contributed by atoms with van der Waals surface area (Å²) in [4.78, 5) is 31.7. The fraction of sp³-hybridized carbons (Fsp3) is 0.517. The first-order chi connectivity index (χ1) is 19.3. The highest BCUT2D eigenvalue weighted by Gasteiger charge is 2.31. The molecule has 5 rings (SSSR count). The fourth-order valence-corrected chi connectivity index (χ4v) is 6.79. The van der Waals surface area contributed by atoms with Crippen LogP contribution in [0, 0.1) is 5.92 Å². The lowest BCUT2D eigenvalue weighted by Crippen LogP contribution is -2.40. The average Bonchev–Trinajstić information content (AvgIpc) is 3.54. The lowest BCUT2D eigenvalue weighted by molar-refractivity contribution is -0.136. The van der Waals surface area contributed by atoms with Crippen molar-refractivity contribution in [3.63, 3.8) is 0 Å². The van der Waals surface area contributed by atoms with Gasteiger partial charge >= 0.3 is 0 Å². The molecule has 0 fully saturated rings. The third-order valence-electron chi connectivity index (χ3n) is 7.59. The van der Waals surface area contributed by atoms with Crippen LogP contribution in [0.3, 0.4) is 0 Å². The van der Waals surface area contributed by atoms with Gasteiger partial charge in [0.15, 0.2) is 0 Å². The Labute approximate surface area is 239 Å². The first kappa shape index (κ1) is 28.3. The molecule has 1 aromatic carbocycles. The molecular weight excluding hydrogens is 524 g/mol. The molecule has 0 bridgehead atoms. The van der Waals surface area contributed by atoms with Gasteiger partial charge in [-0.25, -0.2) is 9.97 Å². The highest BCUT2D eigenvalue weighted by atomic mass is 32.1.